The third-order valence-corrected chi connectivity index (χ3v) is 3.12. The van der Waals surface area contributed by atoms with E-state index in [1.54, 1.807) is 18.3 Å². The lowest BCUT2D eigenvalue weighted by atomic mass is 10.3. The van der Waals surface area contributed by atoms with Gasteiger partial charge in [-0.1, -0.05) is 17.7 Å². The van der Waals surface area contributed by atoms with Crippen molar-refractivity contribution in [2.45, 2.75) is 6.92 Å². The summed E-state index contributed by atoms with van der Waals surface area (Å²) in [5.41, 5.74) is 2.69. The van der Waals surface area contributed by atoms with E-state index in [2.05, 4.69) is 15.3 Å². The van der Waals surface area contributed by atoms with Crippen molar-refractivity contribution in [1.29, 1.82) is 0 Å². The van der Waals surface area contributed by atoms with Gasteiger partial charge in [0.2, 0.25) is 0 Å². The third-order valence-electron chi connectivity index (χ3n) is 2.91. The summed E-state index contributed by atoms with van der Waals surface area (Å²) in [4.78, 5) is 20.3. The molecular formula is C14H11ClN4O. The summed E-state index contributed by atoms with van der Waals surface area (Å²) >= 11 is 5.78. The summed E-state index contributed by atoms with van der Waals surface area (Å²) in [5, 5.41) is 3.07. The van der Waals surface area contributed by atoms with Crippen molar-refractivity contribution in [2.75, 3.05) is 5.32 Å². The first-order valence-electron chi connectivity index (χ1n) is 6.01. The summed E-state index contributed by atoms with van der Waals surface area (Å²) in [6, 6.07) is 8.97. The molecule has 3 heterocycles. The number of carbonyl (C=O) groups is 1. The molecule has 0 atom stereocenters. The molecule has 0 aliphatic carbocycles. The second-order valence-corrected chi connectivity index (χ2v) is 4.73. The molecule has 0 aliphatic rings. The molecule has 0 aliphatic heterocycles. The average Bonchev–Trinajstić information content (AvgIpc) is 2.84. The van der Waals surface area contributed by atoms with Gasteiger partial charge in [0, 0.05) is 23.8 Å². The van der Waals surface area contributed by atoms with Crippen LogP contribution in [0.5, 0.6) is 0 Å². The van der Waals surface area contributed by atoms with E-state index >= 15 is 0 Å². The highest BCUT2D eigenvalue weighted by Gasteiger charge is 2.11. The Bertz CT molecular complexity index is 797. The van der Waals surface area contributed by atoms with E-state index in [1.807, 2.05) is 29.5 Å². The van der Waals surface area contributed by atoms with Gasteiger partial charge in [0.25, 0.3) is 5.91 Å². The minimum atomic E-state index is -0.282. The lowest BCUT2D eigenvalue weighted by molar-refractivity contribution is 0.102. The maximum absolute atomic E-state index is 12.2. The number of carbonyl (C=O) groups excluding carboxylic acids is 1. The minimum Gasteiger partial charge on any atom is -0.320 e. The van der Waals surface area contributed by atoms with E-state index in [1.165, 1.54) is 6.20 Å². The molecule has 100 valence electrons. The number of anilines is 1. The zero-order valence-corrected chi connectivity index (χ0v) is 11.4. The van der Waals surface area contributed by atoms with Gasteiger partial charge in [0.1, 0.15) is 16.5 Å². The standard InChI is InChI=1S/C14H11ClN4O/c1-9-3-2-4-13-18-11(8-19(9)13)14(20)17-10-5-6-16-12(15)7-10/h2-8H,1H3,(H,16,17,20). The molecule has 1 amide bonds. The summed E-state index contributed by atoms with van der Waals surface area (Å²) in [5.74, 6) is -0.282. The molecule has 3 aromatic rings. The van der Waals surface area contributed by atoms with Gasteiger partial charge in [0.05, 0.1) is 0 Å². The largest absolute Gasteiger partial charge is 0.320 e. The highest BCUT2D eigenvalue weighted by atomic mass is 35.5. The fourth-order valence-corrected chi connectivity index (χ4v) is 2.11. The average molecular weight is 287 g/mol. The van der Waals surface area contributed by atoms with Crippen LogP contribution < -0.4 is 5.32 Å². The zero-order valence-electron chi connectivity index (χ0n) is 10.7. The summed E-state index contributed by atoms with van der Waals surface area (Å²) in [6.45, 7) is 1.96. The molecule has 20 heavy (non-hydrogen) atoms. The smallest absolute Gasteiger partial charge is 0.275 e. The second-order valence-electron chi connectivity index (χ2n) is 4.34. The van der Waals surface area contributed by atoms with Crippen molar-refractivity contribution >= 4 is 28.8 Å². The van der Waals surface area contributed by atoms with Gasteiger partial charge in [0.15, 0.2) is 0 Å². The normalized spacial score (nSPS) is 10.7. The molecule has 0 bridgehead atoms. The van der Waals surface area contributed by atoms with Gasteiger partial charge in [-0.05, 0) is 31.2 Å². The molecular weight excluding hydrogens is 276 g/mol. The van der Waals surface area contributed by atoms with Crippen LogP contribution in [-0.2, 0) is 0 Å². The maximum Gasteiger partial charge on any atom is 0.275 e. The molecule has 3 aromatic heterocycles. The Morgan fingerprint density at radius 2 is 2.20 bits per heavy atom. The highest BCUT2D eigenvalue weighted by molar-refractivity contribution is 6.29. The van der Waals surface area contributed by atoms with Crippen molar-refractivity contribution in [3.8, 4) is 0 Å². The third kappa shape index (κ3) is 2.35. The monoisotopic (exact) mass is 286 g/mol. The summed E-state index contributed by atoms with van der Waals surface area (Å²) in [7, 11) is 0. The number of nitrogens with zero attached hydrogens (tertiary/aromatic N) is 3. The van der Waals surface area contributed by atoms with Crippen LogP contribution in [0, 0.1) is 6.92 Å². The molecule has 0 spiro atoms. The topological polar surface area (TPSA) is 59.3 Å². The van der Waals surface area contributed by atoms with Crippen LogP contribution in [0.15, 0.2) is 42.7 Å². The summed E-state index contributed by atoms with van der Waals surface area (Å²) in [6.07, 6.45) is 3.24. The molecule has 3 rings (SSSR count). The van der Waals surface area contributed by atoms with Gasteiger partial charge < -0.3 is 9.72 Å². The van der Waals surface area contributed by atoms with E-state index in [4.69, 9.17) is 11.6 Å². The Morgan fingerprint density at radius 1 is 1.35 bits per heavy atom. The first-order chi connectivity index (χ1) is 9.63. The number of hydrogen-bond donors (Lipinski definition) is 1. The van der Waals surface area contributed by atoms with Crippen LogP contribution in [0.4, 0.5) is 5.69 Å². The number of halogens is 1. The van der Waals surface area contributed by atoms with Crippen molar-refractivity contribution in [3.05, 3.63) is 59.3 Å². The Labute approximate surface area is 120 Å². The Morgan fingerprint density at radius 3 is 2.95 bits per heavy atom. The second kappa shape index (κ2) is 4.94. The van der Waals surface area contributed by atoms with Crippen LogP contribution in [0.25, 0.3) is 5.65 Å². The predicted octanol–water partition coefficient (Wildman–Crippen LogP) is 2.94. The number of hydrogen-bond acceptors (Lipinski definition) is 3. The predicted molar refractivity (Wildman–Crippen MR) is 77.1 cm³/mol. The van der Waals surface area contributed by atoms with E-state index in [0.29, 0.717) is 16.5 Å². The van der Waals surface area contributed by atoms with Crippen molar-refractivity contribution < 1.29 is 4.79 Å². The number of imidazole rings is 1. The van der Waals surface area contributed by atoms with Crippen LogP contribution in [0.3, 0.4) is 0 Å². The zero-order chi connectivity index (χ0) is 14.1. The number of fused-ring (bicyclic) bond motifs is 1. The van der Waals surface area contributed by atoms with Crippen LogP contribution in [-0.4, -0.2) is 20.3 Å². The van der Waals surface area contributed by atoms with E-state index < -0.39 is 0 Å². The Kier molecular flexibility index (Phi) is 3.12. The van der Waals surface area contributed by atoms with E-state index in [-0.39, 0.29) is 5.91 Å². The quantitative estimate of drug-likeness (QED) is 0.737. The SMILES string of the molecule is Cc1cccc2nc(C(=O)Nc3ccnc(Cl)c3)cn12. The molecule has 6 heteroatoms. The van der Waals surface area contributed by atoms with Gasteiger partial charge in [-0.3, -0.25) is 4.79 Å². The van der Waals surface area contributed by atoms with E-state index in [0.717, 1.165) is 11.3 Å². The number of aryl methyl sites for hydroxylation is 1. The Hall–Kier alpha value is -2.40. The molecule has 1 N–H and O–H groups in total. The molecule has 5 nitrogen and oxygen atoms in total. The fourth-order valence-electron chi connectivity index (χ4n) is 1.93. The lowest BCUT2D eigenvalue weighted by Gasteiger charge is -2.02. The van der Waals surface area contributed by atoms with Gasteiger partial charge in [-0.25, -0.2) is 9.97 Å². The molecule has 0 saturated heterocycles. The fraction of sp³-hybridized carbons (Fsp3) is 0.0714. The van der Waals surface area contributed by atoms with Gasteiger partial charge in [-0.15, -0.1) is 0 Å². The number of aromatic nitrogens is 3. The lowest BCUT2D eigenvalue weighted by Crippen LogP contribution is -2.12. The number of amides is 1. The minimum absolute atomic E-state index is 0.282. The van der Waals surface area contributed by atoms with Gasteiger partial charge >= 0.3 is 0 Å². The highest BCUT2D eigenvalue weighted by Crippen LogP contribution is 2.14. The van der Waals surface area contributed by atoms with Crippen molar-refractivity contribution in [3.63, 3.8) is 0 Å². The molecule has 0 fully saturated rings. The van der Waals surface area contributed by atoms with Gasteiger partial charge in [-0.2, -0.15) is 0 Å². The first-order valence-corrected chi connectivity index (χ1v) is 6.39. The molecule has 0 unspecified atom stereocenters. The first kappa shape index (κ1) is 12.6. The molecule has 0 radical (unpaired) electrons. The molecule has 0 aromatic carbocycles. The van der Waals surface area contributed by atoms with Crippen LogP contribution in [0.2, 0.25) is 5.15 Å². The van der Waals surface area contributed by atoms with Crippen molar-refractivity contribution in [2.24, 2.45) is 0 Å². The number of pyridine rings is 2. The number of rotatable bonds is 2. The van der Waals surface area contributed by atoms with Crippen molar-refractivity contribution in [1.82, 2.24) is 14.4 Å². The number of nitrogens with one attached hydrogen (secondary N) is 1. The summed E-state index contributed by atoms with van der Waals surface area (Å²) < 4.78 is 1.87. The maximum atomic E-state index is 12.2. The van der Waals surface area contributed by atoms with Crippen LogP contribution >= 0.6 is 11.6 Å². The molecule has 0 saturated carbocycles. The van der Waals surface area contributed by atoms with E-state index in [9.17, 15) is 4.79 Å². The Balaban J connectivity index is 1.91. The van der Waals surface area contributed by atoms with Crippen LogP contribution in [0.1, 0.15) is 16.2 Å².